The number of amidine groups is 1. The van der Waals surface area contributed by atoms with E-state index in [-0.39, 0.29) is 5.84 Å². The summed E-state index contributed by atoms with van der Waals surface area (Å²) in [7, 11) is 0. The number of hydrogen-bond donors (Lipinski definition) is 2. The van der Waals surface area contributed by atoms with E-state index in [9.17, 15) is 4.39 Å². The molecule has 0 saturated carbocycles. The maximum atomic E-state index is 14.2. The molecule has 0 aromatic heterocycles. The van der Waals surface area contributed by atoms with Gasteiger partial charge < -0.3 is 15.8 Å². The van der Waals surface area contributed by atoms with Crippen LogP contribution < -0.4 is 10.6 Å². The molecule has 0 aliphatic heterocycles. The van der Waals surface area contributed by atoms with Crippen molar-refractivity contribution in [2.75, 3.05) is 11.4 Å². The second kappa shape index (κ2) is 6.06. The molecule has 0 fully saturated rings. The third-order valence-electron chi connectivity index (χ3n) is 3.03. The van der Waals surface area contributed by atoms with Gasteiger partial charge in [0.2, 0.25) is 0 Å². The highest BCUT2D eigenvalue weighted by Crippen LogP contribution is 2.27. The Balaban J connectivity index is 2.41. The summed E-state index contributed by atoms with van der Waals surface area (Å²) >= 11 is 0. The number of anilines is 2. The largest absolute Gasteiger partial charge is 0.409 e. The fourth-order valence-corrected chi connectivity index (χ4v) is 2.04. The normalized spacial score (nSPS) is 11.4. The van der Waals surface area contributed by atoms with Crippen LogP contribution >= 0.6 is 0 Å². The van der Waals surface area contributed by atoms with Crippen molar-refractivity contribution >= 4 is 17.2 Å². The third kappa shape index (κ3) is 2.71. The van der Waals surface area contributed by atoms with E-state index in [2.05, 4.69) is 5.16 Å². The van der Waals surface area contributed by atoms with Crippen LogP contribution in [0.1, 0.15) is 12.5 Å². The van der Waals surface area contributed by atoms with Gasteiger partial charge in [-0.2, -0.15) is 0 Å². The van der Waals surface area contributed by atoms with Crippen LogP contribution in [0.2, 0.25) is 0 Å². The minimum atomic E-state index is -0.417. The molecule has 20 heavy (non-hydrogen) atoms. The Hall–Kier alpha value is -2.56. The average Bonchev–Trinajstić information content (AvgIpc) is 2.49. The number of nitrogens with zero attached hydrogens (tertiary/aromatic N) is 2. The Kier molecular flexibility index (Phi) is 4.20. The van der Waals surface area contributed by atoms with Gasteiger partial charge in [-0.3, -0.25) is 0 Å². The molecule has 0 unspecified atom stereocenters. The topological polar surface area (TPSA) is 61.8 Å². The number of para-hydroxylation sites is 1. The molecule has 0 radical (unpaired) electrons. The fourth-order valence-electron chi connectivity index (χ4n) is 2.04. The van der Waals surface area contributed by atoms with Crippen molar-refractivity contribution in [2.45, 2.75) is 6.92 Å². The zero-order valence-corrected chi connectivity index (χ0v) is 11.1. The summed E-state index contributed by atoms with van der Waals surface area (Å²) < 4.78 is 14.2. The number of rotatable bonds is 4. The molecule has 0 heterocycles. The maximum Gasteiger partial charge on any atom is 0.170 e. The van der Waals surface area contributed by atoms with Crippen LogP contribution in [0.3, 0.4) is 0 Å². The number of halogens is 1. The molecular weight excluding hydrogens is 257 g/mol. The Bertz CT molecular complexity index is 614. The van der Waals surface area contributed by atoms with Crippen LogP contribution in [0.25, 0.3) is 0 Å². The first kappa shape index (κ1) is 13.9. The lowest BCUT2D eigenvalue weighted by Gasteiger charge is -2.24. The molecule has 0 bridgehead atoms. The van der Waals surface area contributed by atoms with Gasteiger partial charge in [-0.15, -0.1) is 0 Å². The van der Waals surface area contributed by atoms with E-state index >= 15 is 0 Å². The predicted molar refractivity (Wildman–Crippen MR) is 78.0 cm³/mol. The van der Waals surface area contributed by atoms with Crippen molar-refractivity contribution < 1.29 is 9.60 Å². The van der Waals surface area contributed by atoms with E-state index in [1.807, 2.05) is 42.2 Å². The Morgan fingerprint density at radius 3 is 2.50 bits per heavy atom. The first-order chi connectivity index (χ1) is 9.67. The third-order valence-corrected chi connectivity index (χ3v) is 3.03. The fraction of sp³-hybridized carbons (Fsp3) is 0.133. The van der Waals surface area contributed by atoms with E-state index in [4.69, 9.17) is 10.9 Å². The summed E-state index contributed by atoms with van der Waals surface area (Å²) in [5, 5.41) is 11.5. The smallest absolute Gasteiger partial charge is 0.170 e. The van der Waals surface area contributed by atoms with Crippen LogP contribution in [-0.4, -0.2) is 17.6 Å². The average molecular weight is 273 g/mol. The molecule has 0 amide bonds. The van der Waals surface area contributed by atoms with Gasteiger partial charge in [-0.25, -0.2) is 4.39 Å². The van der Waals surface area contributed by atoms with Crippen molar-refractivity contribution in [3.63, 3.8) is 0 Å². The zero-order chi connectivity index (χ0) is 14.5. The van der Waals surface area contributed by atoms with Crippen molar-refractivity contribution in [1.82, 2.24) is 0 Å². The molecule has 4 nitrogen and oxygen atoms in total. The van der Waals surface area contributed by atoms with Gasteiger partial charge in [0.05, 0.1) is 5.69 Å². The minimum absolute atomic E-state index is 0.113. The lowest BCUT2D eigenvalue weighted by molar-refractivity contribution is 0.318. The minimum Gasteiger partial charge on any atom is -0.409 e. The van der Waals surface area contributed by atoms with Gasteiger partial charge in [0.1, 0.15) is 5.82 Å². The standard InChI is InChI=1S/C15H16FN3O/c1-2-19(12-6-4-3-5-7-12)14-9-8-11(10-13(14)16)15(17)18-20/h3-10,20H,2H2,1H3,(H2,17,18). The Morgan fingerprint density at radius 2 is 1.95 bits per heavy atom. The molecule has 0 spiro atoms. The first-order valence-corrected chi connectivity index (χ1v) is 6.27. The van der Waals surface area contributed by atoms with Gasteiger partial charge in [-0.05, 0) is 37.3 Å². The summed E-state index contributed by atoms with van der Waals surface area (Å²) in [6.45, 7) is 2.58. The highest BCUT2D eigenvalue weighted by molar-refractivity contribution is 5.97. The van der Waals surface area contributed by atoms with Crippen LogP contribution in [0, 0.1) is 5.82 Å². The molecule has 104 valence electrons. The lowest BCUT2D eigenvalue weighted by atomic mass is 10.1. The SMILES string of the molecule is CCN(c1ccccc1)c1ccc(/C(N)=N/O)cc1F. The van der Waals surface area contributed by atoms with Crippen LogP contribution in [0.5, 0.6) is 0 Å². The van der Waals surface area contributed by atoms with Gasteiger partial charge >= 0.3 is 0 Å². The monoisotopic (exact) mass is 273 g/mol. The molecule has 3 N–H and O–H groups in total. The van der Waals surface area contributed by atoms with E-state index in [0.29, 0.717) is 17.8 Å². The van der Waals surface area contributed by atoms with E-state index in [1.165, 1.54) is 6.07 Å². The second-order valence-electron chi connectivity index (χ2n) is 4.23. The lowest BCUT2D eigenvalue weighted by Crippen LogP contribution is -2.18. The van der Waals surface area contributed by atoms with Gasteiger partial charge in [0.15, 0.2) is 5.84 Å². The van der Waals surface area contributed by atoms with Crippen LogP contribution in [0.4, 0.5) is 15.8 Å². The van der Waals surface area contributed by atoms with Gasteiger partial charge in [0.25, 0.3) is 0 Å². The molecular formula is C15H16FN3O. The Morgan fingerprint density at radius 1 is 1.25 bits per heavy atom. The van der Waals surface area contributed by atoms with Gasteiger partial charge in [-0.1, -0.05) is 23.4 Å². The number of oxime groups is 1. The molecule has 0 atom stereocenters. The van der Waals surface area contributed by atoms with Crippen molar-refractivity contribution in [2.24, 2.45) is 10.9 Å². The summed E-state index contributed by atoms with van der Waals surface area (Å²) in [6.07, 6.45) is 0. The summed E-state index contributed by atoms with van der Waals surface area (Å²) in [4.78, 5) is 1.85. The highest BCUT2D eigenvalue weighted by atomic mass is 19.1. The molecule has 0 saturated heterocycles. The highest BCUT2D eigenvalue weighted by Gasteiger charge is 2.13. The molecule has 0 aliphatic carbocycles. The predicted octanol–water partition coefficient (Wildman–Crippen LogP) is 3.08. The molecule has 0 aliphatic rings. The van der Waals surface area contributed by atoms with Crippen molar-refractivity contribution in [3.05, 3.63) is 59.9 Å². The number of nitrogens with two attached hydrogens (primary N) is 1. The van der Waals surface area contributed by atoms with Crippen molar-refractivity contribution in [3.8, 4) is 0 Å². The molecule has 2 aromatic carbocycles. The molecule has 2 rings (SSSR count). The molecule has 5 heteroatoms. The summed E-state index contributed by atoms with van der Waals surface area (Å²) in [5.74, 6) is -0.530. The zero-order valence-electron chi connectivity index (χ0n) is 11.1. The van der Waals surface area contributed by atoms with E-state index in [0.717, 1.165) is 5.69 Å². The summed E-state index contributed by atoms with van der Waals surface area (Å²) in [6, 6.07) is 14.1. The van der Waals surface area contributed by atoms with Crippen LogP contribution in [0.15, 0.2) is 53.7 Å². The Labute approximate surface area is 116 Å². The molecule has 2 aromatic rings. The van der Waals surface area contributed by atoms with E-state index in [1.54, 1.807) is 12.1 Å². The van der Waals surface area contributed by atoms with Gasteiger partial charge in [0, 0.05) is 17.8 Å². The number of benzene rings is 2. The van der Waals surface area contributed by atoms with Crippen molar-refractivity contribution in [1.29, 1.82) is 0 Å². The number of hydrogen-bond acceptors (Lipinski definition) is 3. The summed E-state index contributed by atoms with van der Waals surface area (Å²) in [5.41, 5.74) is 7.16. The quantitative estimate of drug-likeness (QED) is 0.389. The van der Waals surface area contributed by atoms with Crippen LogP contribution in [-0.2, 0) is 0 Å². The second-order valence-corrected chi connectivity index (χ2v) is 4.23. The maximum absolute atomic E-state index is 14.2. The van der Waals surface area contributed by atoms with E-state index < -0.39 is 5.82 Å². The first-order valence-electron chi connectivity index (χ1n) is 6.27.